The molecule has 1 saturated heterocycles. The third kappa shape index (κ3) is 3.22. The first-order valence-electron chi connectivity index (χ1n) is 7.13. The minimum Gasteiger partial charge on any atom is -0.478 e. The normalized spacial score (nSPS) is 19.8. The number of nitrogens with one attached hydrogen (secondary N) is 1. The van der Waals surface area contributed by atoms with Crippen LogP contribution in [0.2, 0.25) is 0 Å². The van der Waals surface area contributed by atoms with E-state index in [-0.39, 0.29) is 5.56 Å². The number of nitrogens with two attached hydrogens (primary N) is 1. The van der Waals surface area contributed by atoms with E-state index in [1.54, 1.807) is 6.07 Å². The number of hydrogen-bond acceptors (Lipinski definition) is 4. The maximum atomic E-state index is 11.2. The number of nitrogens with zero attached hydrogens (tertiary/aromatic N) is 1. The third-order valence-electron chi connectivity index (χ3n) is 3.94. The minimum absolute atomic E-state index is 0.177. The monoisotopic (exact) mass is 277 g/mol. The van der Waals surface area contributed by atoms with Crippen molar-refractivity contribution in [1.82, 2.24) is 4.90 Å². The van der Waals surface area contributed by atoms with E-state index < -0.39 is 5.97 Å². The lowest BCUT2D eigenvalue weighted by molar-refractivity contribution is 0.0698. The Morgan fingerprint density at radius 1 is 1.55 bits per heavy atom. The van der Waals surface area contributed by atoms with Gasteiger partial charge < -0.3 is 21.1 Å². The molecule has 0 bridgehead atoms. The van der Waals surface area contributed by atoms with Gasteiger partial charge in [-0.2, -0.15) is 0 Å². The summed E-state index contributed by atoms with van der Waals surface area (Å²) in [6.07, 6.45) is 2.29. The van der Waals surface area contributed by atoms with Crippen LogP contribution >= 0.6 is 0 Å². The number of piperidine rings is 1. The first-order chi connectivity index (χ1) is 9.51. The molecule has 1 aromatic carbocycles. The molecule has 5 heteroatoms. The third-order valence-corrected chi connectivity index (χ3v) is 3.94. The molecular weight excluding hydrogens is 254 g/mol. The lowest BCUT2D eigenvalue weighted by Crippen LogP contribution is -2.41. The number of carboxylic acid groups (broad SMARTS) is 1. The predicted molar refractivity (Wildman–Crippen MR) is 81.3 cm³/mol. The minimum atomic E-state index is -0.979. The fraction of sp³-hybridized carbons (Fsp3) is 0.533. The van der Waals surface area contributed by atoms with E-state index >= 15 is 0 Å². The molecule has 1 heterocycles. The number of benzene rings is 1. The fourth-order valence-electron chi connectivity index (χ4n) is 2.75. The molecule has 110 valence electrons. The van der Waals surface area contributed by atoms with E-state index in [0.717, 1.165) is 37.3 Å². The van der Waals surface area contributed by atoms with Crippen LogP contribution in [-0.2, 0) is 0 Å². The molecule has 1 fully saturated rings. The Labute approximate surface area is 119 Å². The highest BCUT2D eigenvalue weighted by Crippen LogP contribution is 2.24. The zero-order chi connectivity index (χ0) is 14.7. The van der Waals surface area contributed by atoms with Crippen LogP contribution in [0, 0.1) is 6.92 Å². The van der Waals surface area contributed by atoms with Gasteiger partial charge in [-0.05, 0) is 50.6 Å². The van der Waals surface area contributed by atoms with Gasteiger partial charge in [-0.1, -0.05) is 6.92 Å². The Bertz CT molecular complexity index is 502. The van der Waals surface area contributed by atoms with E-state index in [2.05, 4.69) is 17.1 Å². The molecule has 0 amide bonds. The second-order valence-corrected chi connectivity index (χ2v) is 5.44. The van der Waals surface area contributed by atoms with Crippen LogP contribution in [0.3, 0.4) is 0 Å². The molecule has 1 aliphatic rings. The van der Waals surface area contributed by atoms with Crippen molar-refractivity contribution in [3.8, 4) is 0 Å². The molecule has 0 aromatic heterocycles. The average Bonchev–Trinajstić information content (AvgIpc) is 2.42. The summed E-state index contributed by atoms with van der Waals surface area (Å²) in [6.45, 7) is 7.21. The Kier molecular flexibility index (Phi) is 4.49. The summed E-state index contributed by atoms with van der Waals surface area (Å²) in [5.41, 5.74) is 7.98. The van der Waals surface area contributed by atoms with Crippen LogP contribution in [0.4, 0.5) is 11.4 Å². The van der Waals surface area contributed by atoms with Gasteiger partial charge in [0.05, 0.1) is 5.56 Å². The van der Waals surface area contributed by atoms with E-state index in [1.807, 2.05) is 13.0 Å². The quantitative estimate of drug-likeness (QED) is 0.735. The molecule has 0 saturated carbocycles. The van der Waals surface area contributed by atoms with Gasteiger partial charge in [0.2, 0.25) is 0 Å². The van der Waals surface area contributed by atoms with Crippen LogP contribution in [0.15, 0.2) is 12.1 Å². The highest BCUT2D eigenvalue weighted by atomic mass is 16.4. The molecule has 1 atom stereocenters. The smallest absolute Gasteiger partial charge is 0.337 e. The average molecular weight is 277 g/mol. The van der Waals surface area contributed by atoms with Gasteiger partial charge >= 0.3 is 5.97 Å². The zero-order valence-corrected chi connectivity index (χ0v) is 12.1. The topological polar surface area (TPSA) is 78.6 Å². The van der Waals surface area contributed by atoms with Crippen LogP contribution in [-0.4, -0.2) is 41.7 Å². The molecule has 0 spiro atoms. The zero-order valence-electron chi connectivity index (χ0n) is 12.1. The molecule has 20 heavy (non-hydrogen) atoms. The number of nitrogen functional groups attached to an aromatic ring is 1. The predicted octanol–water partition coefficient (Wildman–Crippen LogP) is 2.17. The van der Waals surface area contributed by atoms with Crippen molar-refractivity contribution in [2.45, 2.75) is 32.7 Å². The van der Waals surface area contributed by atoms with Crippen molar-refractivity contribution in [3.63, 3.8) is 0 Å². The van der Waals surface area contributed by atoms with E-state index in [0.29, 0.717) is 11.7 Å². The summed E-state index contributed by atoms with van der Waals surface area (Å²) in [4.78, 5) is 13.6. The molecule has 0 aliphatic carbocycles. The van der Waals surface area contributed by atoms with Crippen LogP contribution in [0.5, 0.6) is 0 Å². The van der Waals surface area contributed by atoms with Crippen LogP contribution in [0.25, 0.3) is 0 Å². The number of hydrogen-bond donors (Lipinski definition) is 3. The summed E-state index contributed by atoms with van der Waals surface area (Å²) >= 11 is 0. The second-order valence-electron chi connectivity index (χ2n) is 5.44. The fourth-order valence-corrected chi connectivity index (χ4v) is 2.75. The molecule has 2 rings (SSSR count). The van der Waals surface area contributed by atoms with Crippen molar-refractivity contribution in [2.75, 3.05) is 30.7 Å². The summed E-state index contributed by atoms with van der Waals surface area (Å²) in [5, 5.41) is 12.6. The number of anilines is 2. The molecule has 1 aromatic rings. The molecular formula is C15H23N3O2. The molecule has 0 radical (unpaired) electrons. The summed E-state index contributed by atoms with van der Waals surface area (Å²) in [7, 11) is 0. The molecule has 1 aliphatic heterocycles. The van der Waals surface area contributed by atoms with Gasteiger partial charge in [0, 0.05) is 24.0 Å². The first-order valence-corrected chi connectivity index (χ1v) is 7.13. The summed E-state index contributed by atoms with van der Waals surface area (Å²) < 4.78 is 0. The van der Waals surface area contributed by atoms with Gasteiger partial charge in [0.25, 0.3) is 0 Å². The van der Waals surface area contributed by atoms with E-state index in [1.165, 1.54) is 6.42 Å². The van der Waals surface area contributed by atoms with Gasteiger partial charge in [-0.3, -0.25) is 0 Å². The number of likely N-dealkylation sites (N-methyl/N-ethyl adjacent to an activating group) is 1. The Morgan fingerprint density at radius 3 is 2.95 bits per heavy atom. The first kappa shape index (κ1) is 14.7. The Hall–Kier alpha value is -1.75. The van der Waals surface area contributed by atoms with Gasteiger partial charge in [0.15, 0.2) is 0 Å². The number of carbonyl (C=O) groups is 1. The number of aromatic carboxylic acids is 1. The van der Waals surface area contributed by atoms with Crippen molar-refractivity contribution in [2.24, 2.45) is 0 Å². The standard InChI is InChI=1S/C15H23N3O2/c1-3-18-6-4-5-11(9-18)17-12-7-10(2)14(16)13(8-12)15(19)20/h7-8,11,17H,3-6,9,16H2,1-2H3,(H,19,20). The van der Waals surface area contributed by atoms with Crippen LogP contribution in [0.1, 0.15) is 35.7 Å². The molecule has 4 N–H and O–H groups in total. The number of aryl methyl sites for hydroxylation is 1. The Morgan fingerprint density at radius 2 is 2.30 bits per heavy atom. The lowest BCUT2D eigenvalue weighted by atomic mass is 10.0. The summed E-state index contributed by atoms with van der Waals surface area (Å²) in [5.74, 6) is -0.979. The molecule has 1 unspecified atom stereocenters. The maximum Gasteiger partial charge on any atom is 0.337 e. The molecule has 5 nitrogen and oxygen atoms in total. The van der Waals surface area contributed by atoms with Gasteiger partial charge in [-0.15, -0.1) is 0 Å². The Balaban J connectivity index is 2.15. The number of rotatable bonds is 4. The second kappa shape index (κ2) is 6.13. The van der Waals surface area contributed by atoms with Crippen molar-refractivity contribution >= 4 is 17.3 Å². The highest BCUT2D eigenvalue weighted by Gasteiger charge is 2.19. The number of likely N-dealkylation sites (tertiary alicyclic amines) is 1. The van der Waals surface area contributed by atoms with Crippen molar-refractivity contribution in [1.29, 1.82) is 0 Å². The highest BCUT2D eigenvalue weighted by molar-refractivity contribution is 5.95. The lowest BCUT2D eigenvalue weighted by Gasteiger charge is -2.33. The van der Waals surface area contributed by atoms with Crippen molar-refractivity contribution < 1.29 is 9.90 Å². The van der Waals surface area contributed by atoms with Crippen LogP contribution < -0.4 is 11.1 Å². The largest absolute Gasteiger partial charge is 0.478 e. The van der Waals surface area contributed by atoms with Crippen molar-refractivity contribution in [3.05, 3.63) is 23.3 Å². The number of carboxylic acids is 1. The SMILES string of the molecule is CCN1CCCC(Nc2cc(C)c(N)c(C(=O)O)c2)C1. The van der Waals surface area contributed by atoms with E-state index in [9.17, 15) is 9.90 Å². The van der Waals surface area contributed by atoms with Gasteiger partial charge in [-0.25, -0.2) is 4.79 Å². The maximum absolute atomic E-state index is 11.2. The van der Waals surface area contributed by atoms with Gasteiger partial charge in [0.1, 0.15) is 0 Å². The summed E-state index contributed by atoms with van der Waals surface area (Å²) in [6, 6.07) is 3.93. The van der Waals surface area contributed by atoms with E-state index in [4.69, 9.17) is 5.73 Å².